The lowest BCUT2D eigenvalue weighted by Gasteiger charge is -2.14. The minimum absolute atomic E-state index is 0.00629. The summed E-state index contributed by atoms with van der Waals surface area (Å²) in [7, 11) is -7.35. The molecule has 0 aliphatic carbocycles. The molecule has 0 aromatic heterocycles. The molecule has 10 heteroatoms. The van der Waals surface area contributed by atoms with Crippen LogP contribution in [0.3, 0.4) is 0 Å². The Morgan fingerprint density at radius 1 is 1.38 bits per heavy atom. The summed E-state index contributed by atoms with van der Waals surface area (Å²) in [6, 6.07) is 3.69. The standard InChI is InChI=1S/C11H12ClNO6S2/c12-7-1-2-10(9(5-7)11(14)15)13-21(18,19)8-3-4-20(16,17)6-8/h1-2,5,8,13H,3-4,6H2,(H,14,15). The number of sulfonamides is 1. The largest absolute Gasteiger partial charge is 0.478 e. The van der Waals surface area contributed by atoms with Crippen LogP contribution in [0.4, 0.5) is 5.69 Å². The van der Waals surface area contributed by atoms with Crippen LogP contribution in [0.2, 0.25) is 5.02 Å². The van der Waals surface area contributed by atoms with Crippen molar-refractivity contribution in [2.75, 3.05) is 16.2 Å². The van der Waals surface area contributed by atoms with Gasteiger partial charge in [0.25, 0.3) is 0 Å². The van der Waals surface area contributed by atoms with Crippen molar-refractivity contribution in [1.82, 2.24) is 0 Å². The summed E-state index contributed by atoms with van der Waals surface area (Å²) in [5.41, 5.74) is -0.442. The van der Waals surface area contributed by atoms with Gasteiger partial charge in [-0.15, -0.1) is 0 Å². The van der Waals surface area contributed by atoms with Crippen molar-refractivity contribution < 1.29 is 26.7 Å². The minimum atomic E-state index is -3.99. The number of halogens is 1. The lowest BCUT2D eigenvalue weighted by Crippen LogP contribution is -2.29. The number of carbonyl (C=O) groups is 1. The first-order valence-electron chi connectivity index (χ1n) is 5.86. The number of hydrogen-bond acceptors (Lipinski definition) is 5. The maximum absolute atomic E-state index is 12.1. The fourth-order valence-corrected chi connectivity index (χ4v) is 6.31. The van der Waals surface area contributed by atoms with E-state index in [4.69, 9.17) is 16.7 Å². The van der Waals surface area contributed by atoms with Crippen molar-refractivity contribution in [1.29, 1.82) is 0 Å². The zero-order valence-corrected chi connectivity index (χ0v) is 13.0. The molecule has 2 N–H and O–H groups in total. The molecule has 1 aromatic carbocycles. The molecule has 2 rings (SSSR count). The monoisotopic (exact) mass is 353 g/mol. The topological polar surface area (TPSA) is 118 Å². The molecule has 1 fully saturated rings. The maximum atomic E-state index is 12.1. The van der Waals surface area contributed by atoms with Crippen LogP contribution in [0.1, 0.15) is 16.8 Å². The highest BCUT2D eigenvalue weighted by molar-refractivity contribution is 7.97. The average Bonchev–Trinajstić information content (AvgIpc) is 2.72. The number of hydrogen-bond donors (Lipinski definition) is 2. The summed E-state index contributed by atoms with van der Waals surface area (Å²) in [6.07, 6.45) is -0.00629. The van der Waals surface area contributed by atoms with E-state index in [-0.39, 0.29) is 28.4 Å². The average molecular weight is 354 g/mol. The SMILES string of the molecule is O=C(O)c1cc(Cl)ccc1NS(=O)(=O)C1CCS(=O)(=O)C1. The van der Waals surface area contributed by atoms with Crippen molar-refractivity contribution in [2.45, 2.75) is 11.7 Å². The molecule has 116 valence electrons. The molecule has 0 spiro atoms. The highest BCUT2D eigenvalue weighted by atomic mass is 35.5. The predicted molar refractivity (Wildman–Crippen MR) is 78.0 cm³/mol. The van der Waals surface area contributed by atoms with E-state index in [9.17, 15) is 21.6 Å². The molecule has 1 aliphatic heterocycles. The smallest absolute Gasteiger partial charge is 0.337 e. The molecular weight excluding hydrogens is 342 g/mol. The van der Waals surface area contributed by atoms with Gasteiger partial charge in [-0.05, 0) is 24.6 Å². The highest BCUT2D eigenvalue weighted by Gasteiger charge is 2.37. The quantitative estimate of drug-likeness (QED) is 0.832. The molecule has 21 heavy (non-hydrogen) atoms. The summed E-state index contributed by atoms with van der Waals surface area (Å²) in [6.45, 7) is 0. The van der Waals surface area contributed by atoms with E-state index in [2.05, 4.69) is 4.72 Å². The number of carboxylic acid groups (broad SMARTS) is 1. The maximum Gasteiger partial charge on any atom is 0.337 e. The van der Waals surface area contributed by atoms with Crippen molar-refractivity contribution >= 4 is 43.1 Å². The van der Waals surface area contributed by atoms with Gasteiger partial charge in [0, 0.05) is 5.02 Å². The molecule has 1 aliphatic rings. The molecule has 1 unspecified atom stereocenters. The number of nitrogens with one attached hydrogen (secondary N) is 1. The Kier molecular flexibility index (Phi) is 4.18. The lowest BCUT2D eigenvalue weighted by atomic mass is 10.2. The number of aromatic carboxylic acids is 1. The van der Waals surface area contributed by atoms with E-state index in [1.54, 1.807) is 0 Å². The molecular formula is C11H12ClNO6S2. The molecule has 0 saturated carbocycles. The Balaban J connectivity index is 2.32. The van der Waals surface area contributed by atoms with Gasteiger partial charge < -0.3 is 5.11 Å². The van der Waals surface area contributed by atoms with Crippen LogP contribution in [0, 0.1) is 0 Å². The fraction of sp³-hybridized carbons (Fsp3) is 0.364. The van der Waals surface area contributed by atoms with Crippen LogP contribution in [0.15, 0.2) is 18.2 Å². The second kappa shape index (κ2) is 5.47. The van der Waals surface area contributed by atoms with Gasteiger partial charge in [0.05, 0.1) is 28.0 Å². The van der Waals surface area contributed by atoms with Gasteiger partial charge in [-0.1, -0.05) is 11.6 Å². The molecule has 1 heterocycles. The van der Waals surface area contributed by atoms with E-state index in [0.717, 1.165) is 6.07 Å². The van der Waals surface area contributed by atoms with Crippen molar-refractivity contribution in [3.63, 3.8) is 0 Å². The van der Waals surface area contributed by atoms with Crippen LogP contribution >= 0.6 is 11.6 Å². The Morgan fingerprint density at radius 2 is 2.05 bits per heavy atom. The summed E-state index contributed by atoms with van der Waals surface area (Å²) >= 11 is 5.68. The van der Waals surface area contributed by atoms with Crippen LogP contribution in [-0.2, 0) is 19.9 Å². The number of sulfone groups is 1. The van der Waals surface area contributed by atoms with Gasteiger partial charge in [-0.3, -0.25) is 4.72 Å². The molecule has 7 nitrogen and oxygen atoms in total. The highest BCUT2D eigenvalue weighted by Crippen LogP contribution is 2.25. The van der Waals surface area contributed by atoms with E-state index in [1.807, 2.05) is 0 Å². The molecule has 0 amide bonds. The first-order chi connectivity index (χ1) is 9.61. The minimum Gasteiger partial charge on any atom is -0.478 e. The van der Waals surface area contributed by atoms with Crippen molar-refractivity contribution in [2.24, 2.45) is 0 Å². The van der Waals surface area contributed by atoms with Crippen molar-refractivity contribution in [3.8, 4) is 0 Å². The van der Waals surface area contributed by atoms with E-state index < -0.39 is 36.8 Å². The molecule has 0 radical (unpaired) electrons. The van der Waals surface area contributed by atoms with Crippen molar-refractivity contribution in [3.05, 3.63) is 28.8 Å². The van der Waals surface area contributed by atoms with E-state index in [1.165, 1.54) is 12.1 Å². The molecule has 1 aromatic rings. The first kappa shape index (κ1) is 16.1. The Hall–Kier alpha value is -1.32. The van der Waals surface area contributed by atoms with Gasteiger partial charge in [0.2, 0.25) is 10.0 Å². The molecule has 1 saturated heterocycles. The van der Waals surface area contributed by atoms with Crippen LogP contribution in [0.5, 0.6) is 0 Å². The first-order valence-corrected chi connectivity index (χ1v) is 9.60. The van der Waals surface area contributed by atoms with Gasteiger partial charge in [0.15, 0.2) is 9.84 Å². The number of anilines is 1. The van der Waals surface area contributed by atoms with Gasteiger partial charge in [-0.2, -0.15) is 0 Å². The fourth-order valence-electron chi connectivity index (χ4n) is 2.02. The molecule has 1 atom stereocenters. The number of benzene rings is 1. The summed E-state index contributed by atoms with van der Waals surface area (Å²) < 4.78 is 49.2. The Morgan fingerprint density at radius 3 is 2.57 bits per heavy atom. The Bertz CT molecular complexity index is 787. The third kappa shape index (κ3) is 3.66. The zero-order valence-electron chi connectivity index (χ0n) is 10.6. The summed E-state index contributed by atoms with van der Waals surface area (Å²) in [5, 5.41) is 8.11. The Labute approximate surface area is 126 Å². The van der Waals surface area contributed by atoms with Crippen LogP contribution < -0.4 is 4.72 Å². The third-order valence-corrected chi connectivity index (χ3v) is 7.09. The summed E-state index contributed by atoms with van der Waals surface area (Å²) in [5.74, 6) is -1.99. The number of carboxylic acids is 1. The second-order valence-electron chi connectivity index (χ2n) is 4.67. The predicted octanol–water partition coefficient (Wildman–Crippen LogP) is 0.967. The van der Waals surface area contributed by atoms with Gasteiger partial charge >= 0.3 is 5.97 Å². The van der Waals surface area contributed by atoms with E-state index in [0.29, 0.717) is 0 Å². The third-order valence-electron chi connectivity index (χ3n) is 3.09. The second-order valence-corrected chi connectivity index (χ2v) is 9.29. The van der Waals surface area contributed by atoms with Crippen LogP contribution in [0.25, 0.3) is 0 Å². The lowest BCUT2D eigenvalue weighted by molar-refractivity contribution is 0.0698. The normalized spacial score (nSPS) is 21.1. The van der Waals surface area contributed by atoms with E-state index >= 15 is 0 Å². The van der Waals surface area contributed by atoms with Crippen LogP contribution in [-0.4, -0.2) is 44.7 Å². The van der Waals surface area contributed by atoms with Gasteiger partial charge in [0.1, 0.15) is 0 Å². The number of rotatable bonds is 4. The molecule has 0 bridgehead atoms. The summed E-state index contributed by atoms with van der Waals surface area (Å²) in [4.78, 5) is 11.1. The van der Waals surface area contributed by atoms with Gasteiger partial charge in [-0.25, -0.2) is 21.6 Å². The zero-order chi connectivity index (χ0) is 15.8.